The van der Waals surface area contributed by atoms with Crippen molar-refractivity contribution in [3.8, 4) is 0 Å². The van der Waals surface area contributed by atoms with Crippen molar-refractivity contribution < 1.29 is 14.6 Å². The Morgan fingerprint density at radius 2 is 2.53 bits per heavy atom. The number of nitrogens with zero attached hydrogens (tertiary/aromatic N) is 3. The molecule has 0 aliphatic carbocycles. The number of nitrogens with two attached hydrogens (primary N) is 1. The summed E-state index contributed by atoms with van der Waals surface area (Å²) >= 11 is 0. The van der Waals surface area contributed by atoms with Crippen molar-refractivity contribution in [2.45, 2.75) is 19.2 Å². The van der Waals surface area contributed by atoms with Crippen LogP contribution in [-0.4, -0.2) is 52.4 Å². The second-order valence-corrected chi connectivity index (χ2v) is 3.52. The first-order valence-electron chi connectivity index (χ1n) is 5.18. The van der Waals surface area contributed by atoms with E-state index in [4.69, 9.17) is 10.5 Å². The zero-order valence-corrected chi connectivity index (χ0v) is 9.67. The minimum atomic E-state index is -0.709. The highest BCUT2D eigenvalue weighted by Crippen LogP contribution is 1.90. The molecule has 0 bridgehead atoms. The summed E-state index contributed by atoms with van der Waals surface area (Å²) in [6.07, 6.45) is 0.893. The smallest absolute Gasteiger partial charge is 0.241 e. The topological polar surface area (TPSA) is 115 Å². The van der Waals surface area contributed by atoms with Crippen molar-refractivity contribution in [3.63, 3.8) is 0 Å². The standard InChI is InChI=1S/C9H17N5O3/c1-17-6-8(15)3-11-9(16)5-14-4-7(2-10)12-13-14/h4,8,15H,2-3,5-6,10H2,1H3,(H,11,16). The average molecular weight is 243 g/mol. The number of rotatable bonds is 7. The van der Waals surface area contributed by atoms with E-state index in [-0.39, 0.29) is 32.1 Å². The van der Waals surface area contributed by atoms with Crippen LogP contribution in [0.15, 0.2) is 6.20 Å². The molecule has 0 saturated heterocycles. The van der Waals surface area contributed by atoms with Crippen LogP contribution in [0.4, 0.5) is 0 Å². The summed E-state index contributed by atoms with van der Waals surface area (Å²) in [6, 6.07) is 0. The summed E-state index contributed by atoms with van der Waals surface area (Å²) in [5.74, 6) is -0.256. The molecule has 0 fully saturated rings. The van der Waals surface area contributed by atoms with Crippen LogP contribution in [-0.2, 0) is 22.6 Å². The molecule has 8 nitrogen and oxygen atoms in total. The molecule has 0 radical (unpaired) electrons. The number of aromatic nitrogens is 3. The molecule has 0 aliphatic heterocycles. The second kappa shape index (κ2) is 6.94. The van der Waals surface area contributed by atoms with Gasteiger partial charge in [0.1, 0.15) is 6.54 Å². The molecule has 1 amide bonds. The Labute approximate surface area is 98.7 Å². The van der Waals surface area contributed by atoms with E-state index >= 15 is 0 Å². The highest BCUT2D eigenvalue weighted by molar-refractivity contribution is 5.75. The van der Waals surface area contributed by atoms with Gasteiger partial charge in [0.15, 0.2) is 0 Å². The third kappa shape index (κ3) is 4.89. The Bertz CT molecular complexity index is 354. The Morgan fingerprint density at radius 3 is 3.12 bits per heavy atom. The molecule has 0 spiro atoms. The minimum Gasteiger partial charge on any atom is -0.389 e. The van der Waals surface area contributed by atoms with Gasteiger partial charge in [-0.3, -0.25) is 4.79 Å². The summed E-state index contributed by atoms with van der Waals surface area (Å²) < 4.78 is 6.12. The van der Waals surface area contributed by atoms with Gasteiger partial charge in [-0.25, -0.2) is 4.68 Å². The van der Waals surface area contributed by atoms with E-state index in [0.717, 1.165) is 0 Å². The molecule has 96 valence electrons. The van der Waals surface area contributed by atoms with Crippen molar-refractivity contribution in [1.29, 1.82) is 0 Å². The van der Waals surface area contributed by atoms with Gasteiger partial charge in [-0.2, -0.15) is 0 Å². The first-order valence-corrected chi connectivity index (χ1v) is 5.18. The van der Waals surface area contributed by atoms with Crippen LogP contribution in [0.1, 0.15) is 5.69 Å². The monoisotopic (exact) mass is 243 g/mol. The van der Waals surface area contributed by atoms with Crippen molar-refractivity contribution >= 4 is 5.91 Å². The molecule has 0 saturated carbocycles. The molecule has 8 heteroatoms. The average Bonchev–Trinajstić information content (AvgIpc) is 2.74. The highest BCUT2D eigenvalue weighted by atomic mass is 16.5. The van der Waals surface area contributed by atoms with E-state index in [0.29, 0.717) is 5.69 Å². The fraction of sp³-hybridized carbons (Fsp3) is 0.667. The molecular formula is C9H17N5O3. The number of hydrogen-bond donors (Lipinski definition) is 3. The van der Waals surface area contributed by atoms with Crippen molar-refractivity contribution in [2.75, 3.05) is 20.3 Å². The van der Waals surface area contributed by atoms with Gasteiger partial charge in [-0.1, -0.05) is 5.21 Å². The number of nitrogens with one attached hydrogen (secondary N) is 1. The Balaban J connectivity index is 2.29. The predicted molar refractivity (Wildman–Crippen MR) is 58.8 cm³/mol. The summed E-state index contributed by atoms with van der Waals surface area (Å²) in [6.45, 7) is 0.660. The van der Waals surface area contributed by atoms with Crippen LogP contribution in [0.5, 0.6) is 0 Å². The molecule has 1 unspecified atom stereocenters. The van der Waals surface area contributed by atoms with Gasteiger partial charge in [-0.05, 0) is 0 Å². The number of aliphatic hydroxyl groups is 1. The normalized spacial score (nSPS) is 12.4. The largest absolute Gasteiger partial charge is 0.389 e. The van der Waals surface area contributed by atoms with E-state index in [9.17, 15) is 9.90 Å². The van der Waals surface area contributed by atoms with Crippen LogP contribution in [0.25, 0.3) is 0 Å². The molecule has 0 aliphatic rings. The zero-order valence-electron chi connectivity index (χ0n) is 9.67. The summed E-state index contributed by atoms with van der Waals surface area (Å²) in [5.41, 5.74) is 5.98. The summed E-state index contributed by atoms with van der Waals surface area (Å²) in [4.78, 5) is 11.4. The van der Waals surface area contributed by atoms with Crippen LogP contribution < -0.4 is 11.1 Å². The van der Waals surface area contributed by atoms with E-state index in [1.54, 1.807) is 6.20 Å². The molecule has 1 heterocycles. The SMILES string of the molecule is COCC(O)CNC(=O)Cn1cc(CN)nn1. The summed E-state index contributed by atoms with van der Waals surface area (Å²) in [7, 11) is 1.48. The quantitative estimate of drug-likeness (QED) is 0.503. The molecule has 1 rings (SSSR count). The van der Waals surface area contributed by atoms with Crippen LogP contribution in [0.2, 0.25) is 0 Å². The van der Waals surface area contributed by atoms with Gasteiger partial charge >= 0.3 is 0 Å². The van der Waals surface area contributed by atoms with E-state index in [2.05, 4.69) is 15.6 Å². The third-order valence-electron chi connectivity index (χ3n) is 1.99. The maximum atomic E-state index is 11.4. The Hall–Kier alpha value is -1.51. The molecule has 0 aromatic carbocycles. The van der Waals surface area contributed by atoms with E-state index in [1.807, 2.05) is 0 Å². The molecule has 4 N–H and O–H groups in total. The number of ether oxygens (including phenoxy) is 1. The maximum absolute atomic E-state index is 11.4. The first-order chi connectivity index (χ1) is 8.15. The zero-order chi connectivity index (χ0) is 12.7. The van der Waals surface area contributed by atoms with Gasteiger partial charge in [0.25, 0.3) is 0 Å². The number of hydrogen-bond acceptors (Lipinski definition) is 6. The summed E-state index contributed by atoms with van der Waals surface area (Å²) in [5, 5.41) is 19.3. The van der Waals surface area contributed by atoms with Gasteiger partial charge in [0.2, 0.25) is 5.91 Å². The number of methoxy groups -OCH3 is 1. The lowest BCUT2D eigenvalue weighted by Gasteiger charge is -2.10. The fourth-order valence-electron chi connectivity index (χ4n) is 1.20. The van der Waals surface area contributed by atoms with Crippen LogP contribution in [0, 0.1) is 0 Å². The van der Waals surface area contributed by atoms with Crippen molar-refractivity contribution in [1.82, 2.24) is 20.3 Å². The molecule has 1 aromatic rings. The van der Waals surface area contributed by atoms with Gasteiger partial charge < -0.3 is 20.9 Å². The lowest BCUT2D eigenvalue weighted by Crippen LogP contribution is -2.36. The number of amides is 1. The predicted octanol–water partition coefficient (Wildman–Crippen LogP) is -2.14. The molecule has 17 heavy (non-hydrogen) atoms. The fourth-order valence-corrected chi connectivity index (χ4v) is 1.20. The second-order valence-electron chi connectivity index (χ2n) is 3.52. The van der Waals surface area contributed by atoms with Crippen molar-refractivity contribution in [2.24, 2.45) is 5.73 Å². The van der Waals surface area contributed by atoms with Gasteiger partial charge in [0.05, 0.1) is 24.6 Å². The number of carbonyl (C=O) groups excluding carboxylic acids is 1. The van der Waals surface area contributed by atoms with E-state index < -0.39 is 6.10 Å². The van der Waals surface area contributed by atoms with Gasteiger partial charge in [-0.15, -0.1) is 5.10 Å². The van der Waals surface area contributed by atoms with E-state index in [1.165, 1.54) is 11.8 Å². The Kier molecular flexibility index (Phi) is 5.53. The Morgan fingerprint density at radius 1 is 1.76 bits per heavy atom. The lowest BCUT2D eigenvalue weighted by molar-refractivity contribution is -0.122. The lowest BCUT2D eigenvalue weighted by atomic mass is 10.3. The highest BCUT2D eigenvalue weighted by Gasteiger charge is 2.08. The number of aliphatic hydroxyl groups excluding tert-OH is 1. The van der Waals surface area contributed by atoms with Crippen molar-refractivity contribution in [3.05, 3.63) is 11.9 Å². The van der Waals surface area contributed by atoms with Crippen LogP contribution >= 0.6 is 0 Å². The molecular weight excluding hydrogens is 226 g/mol. The number of carbonyl (C=O) groups is 1. The minimum absolute atomic E-state index is 0.0483. The molecule has 1 atom stereocenters. The maximum Gasteiger partial charge on any atom is 0.241 e. The van der Waals surface area contributed by atoms with Gasteiger partial charge in [0, 0.05) is 20.2 Å². The third-order valence-corrected chi connectivity index (χ3v) is 1.99. The van der Waals surface area contributed by atoms with Crippen LogP contribution in [0.3, 0.4) is 0 Å². The first kappa shape index (κ1) is 13.6. The molecule has 1 aromatic heterocycles.